The van der Waals surface area contributed by atoms with Crippen molar-refractivity contribution in [2.45, 2.75) is 96.4 Å². The number of alkyl halides is 1. The summed E-state index contributed by atoms with van der Waals surface area (Å²) in [6, 6.07) is 0. The van der Waals surface area contributed by atoms with Crippen molar-refractivity contribution in [3.63, 3.8) is 0 Å². The van der Waals surface area contributed by atoms with Crippen LogP contribution < -0.4 is 0 Å². The van der Waals surface area contributed by atoms with Crippen LogP contribution in [-0.2, 0) is 4.79 Å². The predicted octanol–water partition coefficient (Wildman–Crippen LogP) is 6.68. The number of hydrogen-bond acceptors (Lipinski definition) is 2. The van der Waals surface area contributed by atoms with Gasteiger partial charge in [-0.2, -0.15) is 0 Å². The number of aliphatic hydroxyl groups is 1. The lowest BCUT2D eigenvalue weighted by molar-refractivity contribution is -0.107. The number of carbonyl (C=O) groups excluding carboxylic acids is 1. The fraction of sp³-hybridized carbons (Fsp3) is 0.682. The second-order valence-corrected chi connectivity index (χ2v) is 8.74. The lowest BCUT2D eigenvalue weighted by Crippen LogP contribution is -2.31. The van der Waals surface area contributed by atoms with Gasteiger partial charge >= 0.3 is 0 Å². The Kier molecular flexibility index (Phi) is 13.2. The summed E-state index contributed by atoms with van der Waals surface area (Å²) >= 11 is 3.57. The first-order valence-electron chi connectivity index (χ1n) is 9.43. The van der Waals surface area contributed by atoms with Crippen molar-refractivity contribution in [2.75, 3.05) is 0 Å². The van der Waals surface area contributed by atoms with Gasteiger partial charge in [0.15, 0.2) is 0 Å². The van der Waals surface area contributed by atoms with Gasteiger partial charge in [-0.1, -0.05) is 50.9 Å². The zero-order valence-electron chi connectivity index (χ0n) is 16.8. The van der Waals surface area contributed by atoms with Crippen LogP contribution in [0.4, 0.5) is 0 Å². The topological polar surface area (TPSA) is 37.3 Å². The maximum absolute atomic E-state index is 10.3. The van der Waals surface area contributed by atoms with E-state index in [-0.39, 0.29) is 4.83 Å². The molecule has 3 heteroatoms. The fourth-order valence-electron chi connectivity index (χ4n) is 2.51. The molecule has 0 saturated carbocycles. The number of aldehydes is 1. The first kappa shape index (κ1) is 24.3. The monoisotopic (exact) mass is 412 g/mol. The number of rotatable bonds is 13. The largest absolute Gasteiger partial charge is 0.389 e. The Morgan fingerprint density at radius 1 is 0.880 bits per heavy atom. The third-order valence-corrected chi connectivity index (χ3v) is 5.98. The molecule has 0 rings (SSSR count). The van der Waals surface area contributed by atoms with E-state index in [4.69, 9.17) is 0 Å². The lowest BCUT2D eigenvalue weighted by Gasteiger charge is -2.24. The van der Waals surface area contributed by atoms with Crippen LogP contribution in [-0.4, -0.2) is 21.8 Å². The fourth-order valence-corrected chi connectivity index (χ4v) is 2.74. The highest BCUT2D eigenvalue weighted by molar-refractivity contribution is 9.09. The first-order chi connectivity index (χ1) is 11.7. The molecule has 0 spiro atoms. The molecule has 0 aromatic heterocycles. The molecule has 0 bridgehead atoms. The minimum atomic E-state index is -0.667. The SMILES string of the molecule is C/C(=C\CC/C=C(\C)CC/C=C(\C)CCC(Br)C(C)(C)O)CCC=O. The molecule has 0 amide bonds. The van der Waals surface area contributed by atoms with Gasteiger partial charge in [0, 0.05) is 11.2 Å². The van der Waals surface area contributed by atoms with Gasteiger partial charge in [0.05, 0.1) is 5.60 Å². The van der Waals surface area contributed by atoms with Gasteiger partial charge in [0.1, 0.15) is 6.29 Å². The average Bonchev–Trinajstić information content (AvgIpc) is 2.53. The van der Waals surface area contributed by atoms with E-state index in [9.17, 15) is 9.90 Å². The Morgan fingerprint density at radius 3 is 1.80 bits per heavy atom. The summed E-state index contributed by atoms with van der Waals surface area (Å²) in [5.41, 5.74) is 3.49. The van der Waals surface area contributed by atoms with Crippen molar-refractivity contribution >= 4 is 22.2 Å². The molecule has 0 fully saturated rings. The Bertz CT molecular complexity index is 467. The summed E-state index contributed by atoms with van der Waals surface area (Å²) in [6.07, 6.45) is 15.7. The molecule has 0 aliphatic heterocycles. The van der Waals surface area contributed by atoms with Crippen LogP contribution in [0.15, 0.2) is 34.9 Å². The number of unbranched alkanes of at least 4 members (excludes halogenated alkanes) is 1. The molecule has 0 aliphatic carbocycles. The van der Waals surface area contributed by atoms with Gasteiger partial charge in [-0.25, -0.2) is 0 Å². The highest BCUT2D eigenvalue weighted by Gasteiger charge is 2.23. The Labute approximate surface area is 163 Å². The highest BCUT2D eigenvalue weighted by atomic mass is 79.9. The van der Waals surface area contributed by atoms with Gasteiger partial charge in [-0.15, -0.1) is 0 Å². The van der Waals surface area contributed by atoms with Gasteiger partial charge in [0.2, 0.25) is 0 Å². The van der Waals surface area contributed by atoms with Gasteiger partial charge in [-0.05, 0) is 79.6 Å². The second kappa shape index (κ2) is 13.5. The molecule has 0 saturated heterocycles. The van der Waals surface area contributed by atoms with Crippen LogP contribution in [0.2, 0.25) is 0 Å². The van der Waals surface area contributed by atoms with Crippen LogP contribution in [0.3, 0.4) is 0 Å². The number of hydrogen-bond donors (Lipinski definition) is 1. The molecule has 1 N–H and O–H groups in total. The van der Waals surface area contributed by atoms with E-state index in [1.807, 2.05) is 13.8 Å². The maximum Gasteiger partial charge on any atom is 0.120 e. The third-order valence-electron chi connectivity index (χ3n) is 4.40. The van der Waals surface area contributed by atoms with Crippen molar-refractivity contribution in [2.24, 2.45) is 0 Å². The Morgan fingerprint density at radius 2 is 1.32 bits per heavy atom. The first-order valence-corrected chi connectivity index (χ1v) is 10.3. The van der Waals surface area contributed by atoms with Gasteiger partial charge in [-0.3, -0.25) is 0 Å². The van der Waals surface area contributed by atoms with Crippen molar-refractivity contribution in [3.8, 4) is 0 Å². The summed E-state index contributed by atoms with van der Waals surface area (Å²) in [5, 5.41) is 9.93. The standard InChI is InChI=1S/C22H37BrO2/c1-18(10-6-7-11-19(2)14-9-17-24)12-8-13-20(3)15-16-21(23)22(4,5)25/h10-11,13,17,21,25H,6-9,12,14-16H2,1-5H3/b18-10+,19-11+,20-13+. The molecule has 0 aliphatic rings. The molecule has 2 nitrogen and oxygen atoms in total. The zero-order valence-corrected chi connectivity index (χ0v) is 18.4. The molecule has 0 heterocycles. The molecule has 144 valence electrons. The zero-order chi connectivity index (χ0) is 19.3. The van der Waals surface area contributed by atoms with Crippen LogP contribution in [0, 0.1) is 0 Å². The van der Waals surface area contributed by atoms with E-state index in [0.29, 0.717) is 6.42 Å². The summed E-state index contributed by atoms with van der Waals surface area (Å²) < 4.78 is 0. The second-order valence-electron chi connectivity index (χ2n) is 7.63. The van der Waals surface area contributed by atoms with Crippen molar-refractivity contribution < 1.29 is 9.90 Å². The quantitative estimate of drug-likeness (QED) is 0.158. The number of carbonyl (C=O) groups is 1. The molecule has 1 unspecified atom stereocenters. The number of allylic oxidation sites excluding steroid dienone is 6. The summed E-state index contributed by atoms with van der Waals surface area (Å²) in [5.74, 6) is 0. The summed E-state index contributed by atoms with van der Waals surface area (Å²) in [7, 11) is 0. The minimum Gasteiger partial charge on any atom is -0.389 e. The predicted molar refractivity (Wildman–Crippen MR) is 113 cm³/mol. The van der Waals surface area contributed by atoms with E-state index in [1.54, 1.807) is 0 Å². The normalized spacial score (nSPS) is 15.4. The summed E-state index contributed by atoms with van der Waals surface area (Å²) in [6.45, 7) is 10.2. The van der Waals surface area contributed by atoms with Crippen LogP contribution >= 0.6 is 15.9 Å². The summed E-state index contributed by atoms with van der Waals surface area (Å²) in [4.78, 5) is 10.5. The molecular formula is C22H37BrO2. The number of halogens is 1. The van der Waals surface area contributed by atoms with Crippen LogP contribution in [0.5, 0.6) is 0 Å². The molecule has 0 radical (unpaired) electrons. The van der Waals surface area contributed by atoms with E-state index in [1.165, 1.54) is 16.7 Å². The van der Waals surface area contributed by atoms with Crippen molar-refractivity contribution in [1.82, 2.24) is 0 Å². The maximum atomic E-state index is 10.3. The molecular weight excluding hydrogens is 376 g/mol. The molecule has 0 aromatic carbocycles. The Balaban J connectivity index is 4.03. The van der Waals surface area contributed by atoms with Crippen molar-refractivity contribution in [1.29, 1.82) is 0 Å². The average molecular weight is 413 g/mol. The van der Waals surface area contributed by atoms with Crippen LogP contribution in [0.25, 0.3) is 0 Å². The van der Waals surface area contributed by atoms with Gasteiger partial charge in [0.25, 0.3) is 0 Å². The van der Waals surface area contributed by atoms with E-state index >= 15 is 0 Å². The van der Waals surface area contributed by atoms with E-state index in [2.05, 4.69) is 54.9 Å². The van der Waals surface area contributed by atoms with E-state index in [0.717, 1.165) is 51.2 Å². The molecule has 25 heavy (non-hydrogen) atoms. The van der Waals surface area contributed by atoms with Gasteiger partial charge < -0.3 is 9.90 Å². The third kappa shape index (κ3) is 14.2. The Hall–Kier alpha value is -0.670. The smallest absolute Gasteiger partial charge is 0.120 e. The molecule has 1 atom stereocenters. The van der Waals surface area contributed by atoms with E-state index < -0.39 is 5.60 Å². The molecule has 0 aromatic rings. The lowest BCUT2D eigenvalue weighted by atomic mass is 9.98. The van der Waals surface area contributed by atoms with Crippen molar-refractivity contribution in [3.05, 3.63) is 34.9 Å². The highest BCUT2D eigenvalue weighted by Crippen LogP contribution is 2.24. The minimum absolute atomic E-state index is 0.132. The van der Waals surface area contributed by atoms with Crippen LogP contribution in [0.1, 0.15) is 86.0 Å².